The maximum Gasteiger partial charge on any atom is 0.166 e. The molecule has 0 saturated carbocycles. The number of pyridine rings is 1. The van der Waals surface area contributed by atoms with Crippen LogP contribution in [0.15, 0.2) is 12.6 Å². The Morgan fingerprint density at radius 2 is 2.00 bits per heavy atom. The summed E-state index contributed by atoms with van der Waals surface area (Å²) in [5.41, 5.74) is 0.367. The highest BCUT2D eigenvalue weighted by atomic mass is 35.5. The zero-order valence-corrected chi connectivity index (χ0v) is 12.5. The van der Waals surface area contributed by atoms with Crippen LogP contribution < -0.4 is 0 Å². The van der Waals surface area contributed by atoms with E-state index in [4.69, 9.17) is 11.6 Å². The van der Waals surface area contributed by atoms with Crippen molar-refractivity contribution in [1.82, 2.24) is 4.98 Å². The second kappa shape index (κ2) is 6.49. The summed E-state index contributed by atoms with van der Waals surface area (Å²) in [5, 5.41) is 10.3. The summed E-state index contributed by atoms with van der Waals surface area (Å²) in [7, 11) is 0. The summed E-state index contributed by atoms with van der Waals surface area (Å²) in [6.07, 6.45) is 2.53. The summed E-state index contributed by atoms with van der Waals surface area (Å²) in [6, 6.07) is 1.58. The molecule has 1 rings (SSSR count). The van der Waals surface area contributed by atoms with E-state index in [9.17, 15) is 9.50 Å². The number of hydrogen-bond acceptors (Lipinski definition) is 2. The first kappa shape index (κ1) is 16.1. The summed E-state index contributed by atoms with van der Waals surface area (Å²) in [4.78, 5) is 4.01. The molecule has 2 nitrogen and oxygen atoms in total. The number of halogens is 2. The molecule has 0 aliphatic carbocycles. The van der Waals surface area contributed by atoms with Gasteiger partial charge in [-0.15, -0.1) is 0 Å². The molecule has 19 heavy (non-hydrogen) atoms. The van der Waals surface area contributed by atoms with Gasteiger partial charge in [-0.1, -0.05) is 45.4 Å². The quantitative estimate of drug-likeness (QED) is 0.769. The number of allylic oxidation sites excluding steroid dienone is 1. The molecular formula is C15H21ClFNO. The Morgan fingerprint density at radius 3 is 2.47 bits per heavy atom. The fourth-order valence-corrected chi connectivity index (χ4v) is 2.27. The van der Waals surface area contributed by atoms with E-state index in [1.807, 2.05) is 20.8 Å². The molecule has 0 saturated heterocycles. The van der Waals surface area contributed by atoms with Crippen LogP contribution in [0.5, 0.6) is 0 Å². The zero-order chi connectivity index (χ0) is 14.6. The maximum absolute atomic E-state index is 14.1. The highest BCUT2D eigenvalue weighted by Gasteiger charge is 2.30. The van der Waals surface area contributed by atoms with Crippen molar-refractivity contribution >= 4 is 17.2 Å². The average molecular weight is 286 g/mol. The number of nitrogens with zero attached hydrogens (tertiary/aromatic N) is 1. The van der Waals surface area contributed by atoms with Crippen molar-refractivity contribution in [3.8, 4) is 0 Å². The lowest BCUT2D eigenvalue weighted by Crippen LogP contribution is -2.25. The summed E-state index contributed by atoms with van der Waals surface area (Å²) in [5.74, 6) is -0.638. The van der Waals surface area contributed by atoms with Crippen molar-refractivity contribution in [1.29, 1.82) is 0 Å². The van der Waals surface area contributed by atoms with Gasteiger partial charge in [0.25, 0.3) is 0 Å². The summed E-state index contributed by atoms with van der Waals surface area (Å²) in [6.45, 7) is 9.60. The van der Waals surface area contributed by atoms with Gasteiger partial charge in [0, 0.05) is 5.56 Å². The molecule has 1 aromatic heterocycles. The van der Waals surface area contributed by atoms with E-state index >= 15 is 0 Å². The molecule has 0 radical (unpaired) electrons. The monoisotopic (exact) mass is 285 g/mol. The van der Waals surface area contributed by atoms with Gasteiger partial charge < -0.3 is 5.11 Å². The van der Waals surface area contributed by atoms with Crippen LogP contribution >= 0.6 is 11.6 Å². The number of aliphatic hydroxyl groups is 1. The van der Waals surface area contributed by atoms with Crippen molar-refractivity contribution in [2.24, 2.45) is 0 Å². The summed E-state index contributed by atoms with van der Waals surface area (Å²) < 4.78 is 14.1. The highest BCUT2D eigenvalue weighted by Crippen LogP contribution is 2.34. The molecular weight excluding hydrogens is 265 g/mol. The lowest BCUT2D eigenvalue weighted by Gasteiger charge is -2.27. The highest BCUT2D eigenvalue weighted by molar-refractivity contribution is 6.29. The standard InChI is InChI=1S/C15H21ClFNO/c1-5-8-10(4)12-9-11(13(17)14(16)18-12)15(19,6-2)7-3/h9,19H,4-8H2,1-3H3. The first-order valence-corrected chi connectivity index (χ1v) is 7.04. The van der Waals surface area contributed by atoms with Gasteiger partial charge in [-0.2, -0.15) is 0 Å². The molecule has 0 unspecified atom stereocenters. The van der Waals surface area contributed by atoms with Crippen LogP contribution in [-0.4, -0.2) is 10.1 Å². The predicted molar refractivity (Wildman–Crippen MR) is 77.6 cm³/mol. The normalized spacial score (nSPS) is 11.7. The van der Waals surface area contributed by atoms with E-state index in [2.05, 4.69) is 11.6 Å². The Labute approximate surface area is 119 Å². The van der Waals surface area contributed by atoms with Gasteiger partial charge in [0.1, 0.15) is 0 Å². The van der Waals surface area contributed by atoms with Crippen LogP contribution in [0, 0.1) is 5.82 Å². The van der Waals surface area contributed by atoms with Crippen molar-refractivity contribution in [2.75, 3.05) is 0 Å². The topological polar surface area (TPSA) is 33.1 Å². The van der Waals surface area contributed by atoms with Gasteiger partial charge in [0.2, 0.25) is 0 Å². The molecule has 1 N–H and O–H groups in total. The van der Waals surface area contributed by atoms with E-state index in [-0.39, 0.29) is 10.7 Å². The lowest BCUT2D eigenvalue weighted by atomic mass is 9.88. The molecule has 0 spiro atoms. The van der Waals surface area contributed by atoms with E-state index in [1.54, 1.807) is 6.07 Å². The minimum Gasteiger partial charge on any atom is -0.385 e. The molecule has 0 fully saturated rings. The van der Waals surface area contributed by atoms with Crippen LogP contribution in [0.25, 0.3) is 5.57 Å². The smallest absolute Gasteiger partial charge is 0.166 e. The van der Waals surface area contributed by atoms with Crippen molar-refractivity contribution in [3.05, 3.63) is 34.9 Å². The minimum absolute atomic E-state index is 0.204. The first-order valence-electron chi connectivity index (χ1n) is 6.66. The minimum atomic E-state index is -1.21. The largest absolute Gasteiger partial charge is 0.385 e. The molecule has 1 heterocycles. The van der Waals surface area contributed by atoms with Crippen molar-refractivity contribution in [3.63, 3.8) is 0 Å². The molecule has 0 aliphatic rings. The second-order valence-electron chi connectivity index (χ2n) is 4.75. The van der Waals surface area contributed by atoms with Crippen molar-refractivity contribution in [2.45, 2.75) is 52.1 Å². The average Bonchev–Trinajstić information content (AvgIpc) is 2.41. The molecule has 0 aromatic carbocycles. The maximum atomic E-state index is 14.1. The Hall–Kier alpha value is -0.930. The van der Waals surface area contributed by atoms with Crippen LogP contribution in [0.2, 0.25) is 5.15 Å². The van der Waals surface area contributed by atoms with Gasteiger partial charge in [0.15, 0.2) is 11.0 Å². The van der Waals surface area contributed by atoms with Crippen molar-refractivity contribution < 1.29 is 9.50 Å². The Morgan fingerprint density at radius 1 is 1.42 bits per heavy atom. The SMILES string of the molecule is C=C(CCC)c1cc(C(O)(CC)CC)c(F)c(Cl)n1. The molecule has 0 atom stereocenters. The third-order valence-electron chi connectivity index (χ3n) is 3.50. The third kappa shape index (κ3) is 3.34. The molecule has 4 heteroatoms. The zero-order valence-electron chi connectivity index (χ0n) is 11.8. The van der Waals surface area contributed by atoms with Gasteiger partial charge in [-0.25, -0.2) is 9.37 Å². The Bertz CT molecular complexity index is 469. The van der Waals surface area contributed by atoms with Gasteiger partial charge in [0.05, 0.1) is 11.3 Å². The molecule has 106 valence electrons. The number of rotatable bonds is 6. The van der Waals surface area contributed by atoms with E-state index in [1.165, 1.54) is 0 Å². The van der Waals surface area contributed by atoms with Crippen LogP contribution in [-0.2, 0) is 5.60 Å². The lowest BCUT2D eigenvalue weighted by molar-refractivity contribution is 0.0247. The fraction of sp³-hybridized carbons (Fsp3) is 0.533. The summed E-state index contributed by atoms with van der Waals surface area (Å²) >= 11 is 5.84. The van der Waals surface area contributed by atoms with Gasteiger partial charge in [-0.05, 0) is 30.9 Å². The molecule has 0 aliphatic heterocycles. The van der Waals surface area contributed by atoms with E-state index in [0.29, 0.717) is 18.5 Å². The first-order chi connectivity index (χ1) is 8.89. The number of hydrogen-bond donors (Lipinski definition) is 1. The Kier molecular flexibility index (Phi) is 5.50. The van der Waals surface area contributed by atoms with E-state index in [0.717, 1.165) is 18.4 Å². The fourth-order valence-electron chi connectivity index (χ4n) is 2.08. The molecule has 0 amide bonds. The van der Waals surface area contributed by atoms with Crippen LogP contribution in [0.3, 0.4) is 0 Å². The number of aromatic nitrogens is 1. The second-order valence-corrected chi connectivity index (χ2v) is 5.11. The third-order valence-corrected chi connectivity index (χ3v) is 3.75. The Balaban J connectivity index is 3.36. The van der Waals surface area contributed by atoms with E-state index < -0.39 is 11.4 Å². The van der Waals surface area contributed by atoms with Crippen LogP contribution in [0.4, 0.5) is 4.39 Å². The van der Waals surface area contributed by atoms with Gasteiger partial charge in [-0.3, -0.25) is 0 Å². The molecule has 0 bridgehead atoms. The van der Waals surface area contributed by atoms with Gasteiger partial charge >= 0.3 is 0 Å². The van der Waals surface area contributed by atoms with Crippen LogP contribution in [0.1, 0.15) is 57.7 Å². The predicted octanol–water partition coefficient (Wildman–Crippen LogP) is 4.70. The molecule has 1 aromatic rings.